The van der Waals surface area contributed by atoms with Crippen LogP contribution in [0.2, 0.25) is 0 Å². The van der Waals surface area contributed by atoms with Crippen molar-refractivity contribution in [3.05, 3.63) is 59.9 Å². The molecule has 3 unspecified atom stereocenters. The van der Waals surface area contributed by atoms with Crippen molar-refractivity contribution in [1.82, 2.24) is 15.5 Å². The zero-order chi connectivity index (χ0) is 12.4. The minimum absolute atomic E-state index is 0.380. The molecule has 0 spiro atoms. The van der Waals surface area contributed by atoms with Crippen LogP contribution in [-0.4, -0.2) is 17.2 Å². The Balaban J connectivity index is 1.77. The van der Waals surface area contributed by atoms with E-state index in [-0.39, 0.29) is 0 Å². The summed E-state index contributed by atoms with van der Waals surface area (Å²) in [6.45, 7) is 0. The van der Waals surface area contributed by atoms with Crippen molar-refractivity contribution in [3.8, 4) is 0 Å². The van der Waals surface area contributed by atoms with E-state index in [9.17, 15) is 0 Å². The maximum Gasteiger partial charge on any atom is 0.0544 e. The van der Waals surface area contributed by atoms with Gasteiger partial charge in [-0.05, 0) is 42.5 Å². The fourth-order valence-corrected chi connectivity index (χ4v) is 2.78. The highest BCUT2D eigenvalue weighted by molar-refractivity contribution is 5.29. The molecule has 0 radical (unpaired) electrons. The van der Waals surface area contributed by atoms with E-state index in [0.717, 1.165) is 0 Å². The van der Waals surface area contributed by atoms with E-state index in [4.69, 9.17) is 0 Å². The molecule has 1 aromatic heterocycles. The Morgan fingerprint density at radius 2 is 2.00 bits per heavy atom. The van der Waals surface area contributed by atoms with Crippen molar-refractivity contribution >= 4 is 0 Å². The molecule has 3 heteroatoms. The van der Waals surface area contributed by atoms with Crippen molar-refractivity contribution in [2.24, 2.45) is 5.92 Å². The first-order valence-corrected chi connectivity index (χ1v) is 6.39. The van der Waals surface area contributed by atoms with Gasteiger partial charge >= 0.3 is 0 Å². The molecule has 3 atom stereocenters. The van der Waals surface area contributed by atoms with Gasteiger partial charge in [-0.2, -0.15) is 10.2 Å². The average Bonchev–Trinajstić information content (AvgIpc) is 3.22. The molecule has 1 aliphatic rings. The van der Waals surface area contributed by atoms with Crippen LogP contribution < -0.4 is 5.32 Å². The predicted octanol–water partition coefficient (Wildman–Crippen LogP) is 2.54. The van der Waals surface area contributed by atoms with Gasteiger partial charge in [-0.1, -0.05) is 30.3 Å². The molecular weight excluding hydrogens is 222 g/mol. The van der Waals surface area contributed by atoms with Gasteiger partial charge in [-0.15, -0.1) is 0 Å². The first-order chi connectivity index (χ1) is 8.90. The van der Waals surface area contributed by atoms with Crippen LogP contribution in [-0.2, 0) is 0 Å². The first-order valence-electron chi connectivity index (χ1n) is 6.39. The van der Waals surface area contributed by atoms with Crippen LogP contribution in [0.5, 0.6) is 0 Å². The summed E-state index contributed by atoms with van der Waals surface area (Å²) in [6.07, 6.45) is 4.87. The predicted molar refractivity (Wildman–Crippen MR) is 71.1 cm³/mol. The third kappa shape index (κ3) is 2.14. The van der Waals surface area contributed by atoms with E-state index < -0.39 is 0 Å². The average molecular weight is 239 g/mol. The summed E-state index contributed by atoms with van der Waals surface area (Å²) in [6, 6.07) is 13.2. The molecule has 18 heavy (non-hydrogen) atoms. The van der Waals surface area contributed by atoms with Crippen molar-refractivity contribution in [3.63, 3.8) is 0 Å². The Labute approximate surface area is 107 Å². The third-order valence-electron chi connectivity index (χ3n) is 3.77. The van der Waals surface area contributed by atoms with Gasteiger partial charge < -0.3 is 5.32 Å². The van der Waals surface area contributed by atoms with E-state index in [0.29, 0.717) is 17.9 Å². The molecule has 0 aliphatic heterocycles. The maximum atomic E-state index is 3.97. The molecule has 0 saturated heterocycles. The lowest BCUT2D eigenvalue weighted by Gasteiger charge is -2.16. The Hall–Kier alpha value is -1.74. The molecule has 3 nitrogen and oxygen atoms in total. The Kier molecular flexibility index (Phi) is 3.07. The van der Waals surface area contributed by atoms with Crippen LogP contribution in [0.1, 0.15) is 29.5 Å². The minimum Gasteiger partial charge on any atom is -0.313 e. The van der Waals surface area contributed by atoms with Crippen molar-refractivity contribution in [2.75, 3.05) is 7.05 Å². The first kappa shape index (κ1) is 11.4. The minimum atomic E-state index is 0.380. The van der Waals surface area contributed by atoms with E-state index in [1.807, 2.05) is 13.2 Å². The summed E-state index contributed by atoms with van der Waals surface area (Å²) in [5.41, 5.74) is 2.68. The molecule has 1 saturated carbocycles. The Morgan fingerprint density at radius 3 is 2.67 bits per heavy atom. The lowest BCUT2D eigenvalue weighted by atomic mass is 10.0. The molecular formula is C15H17N3. The molecule has 1 N–H and O–H groups in total. The summed E-state index contributed by atoms with van der Waals surface area (Å²) in [5.74, 6) is 1.35. The molecule has 2 aromatic rings. The van der Waals surface area contributed by atoms with Crippen LogP contribution in [0.3, 0.4) is 0 Å². The van der Waals surface area contributed by atoms with Gasteiger partial charge in [0, 0.05) is 12.2 Å². The van der Waals surface area contributed by atoms with Gasteiger partial charge in [-0.25, -0.2) is 0 Å². The fraction of sp³-hybridized carbons (Fsp3) is 0.333. The van der Waals surface area contributed by atoms with Crippen molar-refractivity contribution in [2.45, 2.75) is 18.4 Å². The van der Waals surface area contributed by atoms with E-state index in [2.05, 4.69) is 51.9 Å². The van der Waals surface area contributed by atoms with Crippen LogP contribution in [0.4, 0.5) is 0 Å². The van der Waals surface area contributed by atoms with Crippen LogP contribution in [0.25, 0.3) is 0 Å². The van der Waals surface area contributed by atoms with E-state index in [1.54, 1.807) is 6.20 Å². The fourth-order valence-electron chi connectivity index (χ4n) is 2.78. The number of nitrogens with one attached hydrogen (secondary N) is 1. The number of nitrogens with zero attached hydrogens (tertiary/aromatic N) is 2. The molecule has 1 fully saturated rings. The molecule has 0 bridgehead atoms. The van der Waals surface area contributed by atoms with Gasteiger partial charge in [0.2, 0.25) is 0 Å². The number of aromatic nitrogens is 2. The molecule has 0 amide bonds. The topological polar surface area (TPSA) is 37.8 Å². The highest BCUT2D eigenvalue weighted by Gasteiger charge is 2.43. The number of benzene rings is 1. The molecule has 1 heterocycles. The quantitative estimate of drug-likeness (QED) is 0.891. The summed E-state index contributed by atoms with van der Waals surface area (Å²) >= 11 is 0. The van der Waals surface area contributed by atoms with Gasteiger partial charge in [0.15, 0.2) is 0 Å². The van der Waals surface area contributed by atoms with Gasteiger partial charge in [0.25, 0.3) is 0 Å². The monoisotopic (exact) mass is 239 g/mol. The lowest BCUT2D eigenvalue weighted by Crippen LogP contribution is -2.19. The second-order valence-electron chi connectivity index (χ2n) is 4.86. The van der Waals surface area contributed by atoms with E-state index >= 15 is 0 Å². The van der Waals surface area contributed by atoms with Crippen LogP contribution in [0, 0.1) is 5.92 Å². The van der Waals surface area contributed by atoms with Crippen molar-refractivity contribution in [1.29, 1.82) is 0 Å². The summed E-state index contributed by atoms with van der Waals surface area (Å²) in [4.78, 5) is 0. The number of rotatable bonds is 4. The zero-order valence-electron chi connectivity index (χ0n) is 10.5. The molecule has 1 aromatic carbocycles. The smallest absolute Gasteiger partial charge is 0.0544 e. The Morgan fingerprint density at radius 1 is 1.17 bits per heavy atom. The number of hydrogen-bond donors (Lipinski definition) is 1. The summed E-state index contributed by atoms with van der Waals surface area (Å²) < 4.78 is 0. The Bertz CT molecular complexity index is 498. The van der Waals surface area contributed by atoms with E-state index in [1.165, 1.54) is 17.5 Å². The van der Waals surface area contributed by atoms with Gasteiger partial charge in [0.1, 0.15) is 0 Å². The zero-order valence-corrected chi connectivity index (χ0v) is 10.5. The normalized spacial score (nSPS) is 23.6. The SMILES string of the molecule is CNC(c1ccnnc1)C1CC1c1ccccc1. The summed E-state index contributed by atoms with van der Waals surface area (Å²) in [7, 11) is 2.02. The summed E-state index contributed by atoms with van der Waals surface area (Å²) in [5, 5.41) is 11.2. The largest absolute Gasteiger partial charge is 0.313 e. The standard InChI is InChI=1S/C15H17N3/c1-16-15(12-7-8-17-18-10-12)14-9-13(14)11-5-3-2-4-6-11/h2-8,10,13-16H,9H2,1H3. The lowest BCUT2D eigenvalue weighted by molar-refractivity contribution is 0.515. The van der Waals surface area contributed by atoms with Crippen LogP contribution >= 0.6 is 0 Å². The van der Waals surface area contributed by atoms with Crippen LogP contribution in [0.15, 0.2) is 48.8 Å². The maximum absolute atomic E-state index is 3.97. The second-order valence-corrected chi connectivity index (χ2v) is 4.86. The highest BCUT2D eigenvalue weighted by atomic mass is 15.1. The third-order valence-corrected chi connectivity index (χ3v) is 3.77. The van der Waals surface area contributed by atoms with Gasteiger partial charge in [-0.3, -0.25) is 0 Å². The van der Waals surface area contributed by atoms with Crippen molar-refractivity contribution < 1.29 is 0 Å². The highest BCUT2D eigenvalue weighted by Crippen LogP contribution is 2.53. The molecule has 1 aliphatic carbocycles. The number of hydrogen-bond acceptors (Lipinski definition) is 3. The second kappa shape index (κ2) is 4.86. The molecule has 92 valence electrons. The molecule has 3 rings (SSSR count). The van der Waals surface area contributed by atoms with Gasteiger partial charge in [0.05, 0.1) is 6.20 Å².